The number of benzene rings is 1. The van der Waals surface area contributed by atoms with E-state index in [2.05, 4.69) is 6.58 Å². The van der Waals surface area contributed by atoms with Crippen LogP contribution in [0.4, 0.5) is 0 Å². The number of aliphatic hydroxyl groups is 1. The molecule has 2 bridgehead atoms. The molecule has 3 aliphatic heterocycles. The Balaban J connectivity index is 1.87. The highest BCUT2D eigenvalue weighted by Crippen LogP contribution is 2.72. The SMILES string of the molecule is C=CCN(C(=O)C1N([C@H](CO)c2ccccc2)C(=O)[C@@H]2[C@H](C(=O)OCC)[C@]3(C)CCC12S3)C(C)C. The van der Waals surface area contributed by atoms with Gasteiger partial charge in [0.15, 0.2) is 0 Å². The number of hydrogen-bond donors (Lipinski definition) is 1. The van der Waals surface area contributed by atoms with Crippen molar-refractivity contribution in [3.63, 3.8) is 0 Å². The number of aliphatic hydroxyl groups excluding tert-OH is 1. The van der Waals surface area contributed by atoms with E-state index in [-0.39, 0.29) is 37.0 Å². The third-order valence-corrected chi connectivity index (χ3v) is 9.90. The van der Waals surface area contributed by atoms with Crippen LogP contribution in [-0.4, -0.2) is 74.0 Å². The van der Waals surface area contributed by atoms with E-state index in [9.17, 15) is 19.5 Å². The van der Waals surface area contributed by atoms with Crippen LogP contribution in [0.15, 0.2) is 43.0 Å². The van der Waals surface area contributed by atoms with Crippen molar-refractivity contribution in [2.45, 2.75) is 68.2 Å². The predicted octanol–water partition coefficient (Wildman–Crippen LogP) is 3.19. The van der Waals surface area contributed by atoms with Gasteiger partial charge in [-0.15, -0.1) is 18.3 Å². The van der Waals surface area contributed by atoms with Crippen molar-refractivity contribution < 1.29 is 24.2 Å². The summed E-state index contributed by atoms with van der Waals surface area (Å²) in [5.74, 6) is -2.08. The largest absolute Gasteiger partial charge is 0.466 e. The normalized spacial score (nSPS) is 32.0. The summed E-state index contributed by atoms with van der Waals surface area (Å²) in [6.45, 7) is 11.8. The maximum atomic E-state index is 14.3. The molecule has 35 heavy (non-hydrogen) atoms. The first kappa shape index (κ1) is 25.8. The average molecular weight is 501 g/mol. The Labute approximate surface area is 211 Å². The maximum absolute atomic E-state index is 14.3. The van der Waals surface area contributed by atoms with Crippen LogP contribution in [0.5, 0.6) is 0 Å². The van der Waals surface area contributed by atoms with Gasteiger partial charge in [0.05, 0.1) is 35.8 Å². The molecule has 190 valence electrons. The van der Waals surface area contributed by atoms with E-state index in [1.54, 1.807) is 34.6 Å². The zero-order chi connectivity index (χ0) is 25.5. The molecule has 6 atom stereocenters. The molecule has 3 heterocycles. The lowest BCUT2D eigenvalue weighted by Gasteiger charge is -2.40. The summed E-state index contributed by atoms with van der Waals surface area (Å²) in [5, 5.41) is 10.5. The number of amides is 2. The molecule has 0 aliphatic carbocycles. The van der Waals surface area contributed by atoms with Gasteiger partial charge in [0.25, 0.3) is 0 Å². The quantitative estimate of drug-likeness (QED) is 0.414. The molecule has 1 spiro atoms. The van der Waals surface area contributed by atoms with Crippen LogP contribution >= 0.6 is 11.8 Å². The lowest BCUT2D eigenvalue weighted by Crippen LogP contribution is -2.57. The first-order valence-corrected chi connectivity index (χ1v) is 13.2. The Morgan fingerprint density at radius 3 is 2.57 bits per heavy atom. The lowest BCUT2D eigenvalue weighted by atomic mass is 9.66. The molecule has 0 aromatic heterocycles. The highest BCUT2D eigenvalue weighted by atomic mass is 32.2. The summed E-state index contributed by atoms with van der Waals surface area (Å²) in [5.41, 5.74) is 0.760. The third-order valence-electron chi connectivity index (χ3n) is 7.91. The minimum atomic E-state index is -0.800. The van der Waals surface area contributed by atoms with Crippen molar-refractivity contribution in [3.8, 4) is 0 Å². The zero-order valence-corrected chi connectivity index (χ0v) is 21.8. The molecular weight excluding hydrogens is 464 g/mol. The van der Waals surface area contributed by atoms with Gasteiger partial charge in [-0.1, -0.05) is 36.4 Å². The zero-order valence-electron chi connectivity index (χ0n) is 21.0. The van der Waals surface area contributed by atoms with Gasteiger partial charge in [-0.05, 0) is 46.1 Å². The Bertz CT molecular complexity index is 1000. The summed E-state index contributed by atoms with van der Waals surface area (Å²) >= 11 is 1.61. The van der Waals surface area contributed by atoms with Crippen molar-refractivity contribution in [2.24, 2.45) is 11.8 Å². The van der Waals surface area contributed by atoms with Crippen LogP contribution < -0.4 is 0 Å². The highest BCUT2D eigenvalue weighted by molar-refractivity contribution is 8.02. The Kier molecular flexibility index (Phi) is 7.08. The monoisotopic (exact) mass is 500 g/mol. The van der Waals surface area contributed by atoms with Crippen LogP contribution in [0.3, 0.4) is 0 Å². The van der Waals surface area contributed by atoms with Gasteiger partial charge in [-0.2, -0.15) is 0 Å². The molecule has 1 N–H and O–H groups in total. The van der Waals surface area contributed by atoms with Crippen molar-refractivity contribution in [1.82, 2.24) is 9.80 Å². The number of thioether (sulfide) groups is 1. The van der Waals surface area contributed by atoms with Gasteiger partial charge in [-0.3, -0.25) is 14.4 Å². The van der Waals surface area contributed by atoms with E-state index >= 15 is 0 Å². The number of ether oxygens (including phenoxy) is 1. The molecule has 2 amide bonds. The van der Waals surface area contributed by atoms with Gasteiger partial charge in [0.2, 0.25) is 11.8 Å². The van der Waals surface area contributed by atoms with Gasteiger partial charge >= 0.3 is 5.97 Å². The maximum Gasteiger partial charge on any atom is 0.311 e. The topological polar surface area (TPSA) is 87.2 Å². The van der Waals surface area contributed by atoms with Crippen LogP contribution in [0.25, 0.3) is 0 Å². The third kappa shape index (κ3) is 3.89. The number of carbonyl (C=O) groups is 3. The van der Waals surface area contributed by atoms with Crippen LogP contribution in [0.2, 0.25) is 0 Å². The standard InChI is InChI=1S/C27H36N2O5S/c1-6-15-28(17(3)4)24(32)22-27-14-13-26(5,35-27)21(25(33)34-7-2)20(27)23(31)29(22)19(16-30)18-11-9-8-10-12-18/h6,8-12,17,19-22,30H,1,7,13-16H2,2-5H3/t19-,20+,21-,22?,26+,27?/m1/s1. The van der Waals surface area contributed by atoms with E-state index in [0.717, 1.165) is 12.0 Å². The van der Waals surface area contributed by atoms with Crippen LogP contribution in [0.1, 0.15) is 52.1 Å². The molecule has 3 aliphatic rings. The summed E-state index contributed by atoms with van der Waals surface area (Å²) in [6.07, 6.45) is 3.07. The van der Waals surface area contributed by atoms with E-state index in [0.29, 0.717) is 13.0 Å². The lowest BCUT2D eigenvalue weighted by molar-refractivity contribution is -0.155. The molecule has 8 heteroatoms. The molecule has 0 saturated carbocycles. The van der Waals surface area contributed by atoms with Crippen molar-refractivity contribution >= 4 is 29.5 Å². The number of likely N-dealkylation sites (tertiary alicyclic amines) is 1. The van der Waals surface area contributed by atoms with Gasteiger partial charge in [0, 0.05) is 17.3 Å². The summed E-state index contributed by atoms with van der Waals surface area (Å²) in [4.78, 5) is 45.1. The number of esters is 1. The molecule has 7 nitrogen and oxygen atoms in total. The highest BCUT2D eigenvalue weighted by Gasteiger charge is 2.78. The second kappa shape index (κ2) is 9.62. The molecule has 0 radical (unpaired) electrons. The number of rotatable bonds is 9. The molecule has 1 aromatic rings. The fraction of sp³-hybridized carbons (Fsp3) is 0.593. The van der Waals surface area contributed by atoms with E-state index in [4.69, 9.17) is 4.74 Å². The van der Waals surface area contributed by atoms with Gasteiger partial charge in [0.1, 0.15) is 6.04 Å². The molecule has 4 rings (SSSR count). The predicted molar refractivity (Wildman–Crippen MR) is 136 cm³/mol. The first-order valence-electron chi connectivity index (χ1n) is 12.4. The Morgan fingerprint density at radius 2 is 2.00 bits per heavy atom. The number of hydrogen-bond acceptors (Lipinski definition) is 6. The second-order valence-corrected chi connectivity index (χ2v) is 12.1. The van der Waals surface area contributed by atoms with E-state index in [1.165, 1.54) is 0 Å². The average Bonchev–Trinajstić information content (AvgIpc) is 3.39. The fourth-order valence-corrected chi connectivity index (χ4v) is 8.77. The number of fused-ring (bicyclic) bond motifs is 1. The fourth-order valence-electron chi connectivity index (χ4n) is 6.45. The molecular formula is C27H36N2O5S. The molecule has 2 unspecified atom stereocenters. The van der Waals surface area contributed by atoms with Crippen molar-refractivity contribution in [1.29, 1.82) is 0 Å². The summed E-state index contributed by atoms with van der Waals surface area (Å²) in [6, 6.07) is 7.72. The summed E-state index contributed by atoms with van der Waals surface area (Å²) in [7, 11) is 0. The molecule has 3 saturated heterocycles. The Morgan fingerprint density at radius 1 is 1.31 bits per heavy atom. The van der Waals surface area contributed by atoms with Gasteiger partial charge < -0.3 is 19.6 Å². The van der Waals surface area contributed by atoms with Crippen LogP contribution in [0, 0.1) is 11.8 Å². The van der Waals surface area contributed by atoms with Gasteiger partial charge in [-0.25, -0.2) is 0 Å². The Hall–Kier alpha value is -2.32. The van der Waals surface area contributed by atoms with E-state index < -0.39 is 33.4 Å². The van der Waals surface area contributed by atoms with Crippen molar-refractivity contribution in [2.75, 3.05) is 19.8 Å². The minimum absolute atomic E-state index is 0.0998. The first-order chi connectivity index (χ1) is 16.7. The molecule has 1 aromatic carbocycles. The molecule has 3 fully saturated rings. The summed E-state index contributed by atoms with van der Waals surface area (Å²) < 4.78 is 4.22. The van der Waals surface area contributed by atoms with Crippen molar-refractivity contribution in [3.05, 3.63) is 48.6 Å². The van der Waals surface area contributed by atoms with Crippen LogP contribution in [-0.2, 0) is 19.1 Å². The number of carbonyl (C=O) groups excluding carboxylic acids is 3. The number of nitrogens with zero attached hydrogens (tertiary/aromatic N) is 2. The van der Waals surface area contributed by atoms with E-state index in [1.807, 2.05) is 51.1 Å². The smallest absolute Gasteiger partial charge is 0.311 e. The second-order valence-electron chi connectivity index (χ2n) is 10.2. The minimum Gasteiger partial charge on any atom is -0.466 e.